The van der Waals surface area contributed by atoms with E-state index in [0.29, 0.717) is 19.0 Å². The number of benzene rings is 1. The number of fused-ring (bicyclic) bond motifs is 1. The molecule has 1 amide bonds. The fraction of sp³-hybridized carbons (Fsp3) is 0.577. The smallest absolute Gasteiger partial charge is 0.253 e. The molecule has 6 nitrogen and oxygen atoms in total. The first-order valence-corrected chi connectivity index (χ1v) is 12.1. The molecule has 2 aromatic rings. The van der Waals surface area contributed by atoms with Gasteiger partial charge in [-0.1, -0.05) is 43.7 Å². The maximum Gasteiger partial charge on any atom is 0.253 e. The molecule has 1 aromatic carbocycles. The first-order valence-electron chi connectivity index (χ1n) is 12.1. The molecule has 172 valence electrons. The molecule has 1 aromatic heterocycles. The highest BCUT2D eigenvalue weighted by Gasteiger charge is 2.26. The molecule has 0 N–H and O–H groups in total. The standard InChI is InChI=1S/C26H36N4O2/c1-20(21-10-5-3-6-11-21)17-28(2)26(32)19-29-14-9-12-22(18-29)23-16-25(31)30-15-8-4-7-13-24(30)27-23/h3,5-6,10-11,16,20,22H,4,7-9,12-15,17-19H2,1-2H3/t20-,22+/m1/s1. The Balaban J connectivity index is 1.37. The Morgan fingerprint density at radius 2 is 1.97 bits per heavy atom. The van der Waals surface area contributed by atoms with Gasteiger partial charge >= 0.3 is 0 Å². The number of likely N-dealkylation sites (N-methyl/N-ethyl adjacent to an activating group) is 1. The number of nitrogens with zero attached hydrogens (tertiary/aromatic N) is 4. The van der Waals surface area contributed by atoms with E-state index in [4.69, 9.17) is 4.98 Å². The van der Waals surface area contributed by atoms with Crippen LogP contribution in [-0.4, -0.2) is 58.5 Å². The summed E-state index contributed by atoms with van der Waals surface area (Å²) in [5, 5.41) is 0. The summed E-state index contributed by atoms with van der Waals surface area (Å²) in [6.07, 6.45) is 6.28. The summed E-state index contributed by atoms with van der Waals surface area (Å²) < 4.78 is 1.86. The Bertz CT molecular complexity index is 972. The first kappa shape index (κ1) is 22.7. The summed E-state index contributed by atoms with van der Waals surface area (Å²) in [5.41, 5.74) is 2.27. The summed E-state index contributed by atoms with van der Waals surface area (Å²) in [4.78, 5) is 34.6. The summed E-state index contributed by atoms with van der Waals surface area (Å²) in [5.74, 6) is 1.64. The van der Waals surface area contributed by atoms with E-state index in [-0.39, 0.29) is 17.4 Å². The number of hydrogen-bond acceptors (Lipinski definition) is 4. The first-order chi connectivity index (χ1) is 15.5. The lowest BCUT2D eigenvalue weighted by molar-refractivity contribution is -0.131. The van der Waals surface area contributed by atoms with E-state index in [1.165, 1.54) is 5.56 Å². The highest BCUT2D eigenvalue weighted by Crippen LogP contribution is 2.26. The molecule has 0 unspecified atom stereocenters. The van der Waals surface area contributed by atoms with Crippen molar-refractivity contribution in [2.75, 3.05) is 33.2 Å². The van der Waals surface area contributed by atoms with Gasteiger partial charge in [-0.25, -0.2) is 4.98 Å². The summed E-state index contributed by atoms with van der Waals surface area (Å²) in [6, 6.07) is 12.1. The van der Waals surface area contributed by atoms with E-state index < -0.39 is 0 Å². The zero-order valence-electron chi connectivity index (χ0n) is 19.5. The van der Waals surface area contributed by atoms with Crippen LogP contribution in [-0.2, 0) is 17.8 Å². The third kappa shape index (κ3) is 5.47. The zero-order valence-corrected chi connectivity index (χ0v) is 19.5. The Morgan fingerprint density at radius 3 is 2.78 bits per heavy atom. The van der Waals surface area contributed by atoms with Gasteiger partial charge in [0.05, 0.1) is 12.2 Å². The average Bonchev–Trinajstić information content (AvgIpc) is 3.06. The van der Waals surface area contributed by atoms with Gasteiger partial charge in [-0.3, -0.25) is 19.1 Å². The Kier molecular flexibility index (Phi) is 7.40. The van der Waals surface area contributed by atoms with Crippen LogP contribution in [0.1, 0.15) is 67.9 Å². The van der Waals surface area contributed by atoms with Crippen LogP contribution < -0.4 is 5.56 Å². The van der Waals surface area contributed by atoms with Crippen molar-refractivity contribution < 1.29 is 4.79 Å². The van der Waals surface area contributed by atoms with Crippen LogP contribution in [0.25, 0.3) is 0 Å². The summed E-state index contributed by atoms with van der Waals surface area (Å²) in [6.45, 7) is 5.82. The number of carbonyl (C=O) groups excluding carboxylic acids is 1. The van der Waals surface area contributed by atoms with Crippen LogP contribution >= 0.6 is 0 Å². The van der Waals surface area contributed by atoms with Crippen LogP contribution in [0.5, 0.6) is 0 Å². The number of carbonyl (C=O) groups is 1. The average molecular weight is 437 g/mol. The molecule has 0 aliphatic carbocycles. The van der Waals surface area contributed by atoms with Gasteiger partial charge in [0.1, 0.15) is 5.82 Å². The summed E-state index contributed by atoms with van der Waals surface area (Å²) >= 11 is 0. The minimum Gasteiger partial charge on any atom is -0.344 e. The van der Waals surface area contributed by atoms with Crippen molar-refractivity contribution in [3.8, 4) is 0 Å². The predicted molar refractivity (Wildman–Crippen MR) is 127 cm³/mol. The van der Waals surface area contributed by atoms with Gasteiger partial charge in [-0.05, 0) is 43.7 Å². The van der Waals surface area contributed by atoms with Crippen LogP contribution in [0.2, 0.25) is 0 Å². The van der Waals surface area contributed by atoms with Gasteiger partial charge in [0, 0.05) is 45.1 Å². The van der Waals surface area contributed by atoms with Gasteiger partial charge in [-0.2, -0.15) is 0 Å². The fourth-order valence-electron chi connectivity index (χ4n) is 5.09. The minimum atomic E-state index is 0.0923. The van der Waals surface area contributed by atoms with Gasteiger partial charge in [0.2, 0.25) is 5.91 Å². The van der Waals surface area contributed by atoms with Crippen LogP contribution in [0.15, 0.2) is 41.2 Å². The second-order valence-corrected chi connectivity index (χ2v) is 9.56. The Hall–Kier alpha value is -2.47. The SMILES string of the molecule is C[C@H](CN(C)C(=O)CN1CCC[C@H](c2cc(=O)n3c(n2)CCCCC3)C1)c1ccccc1. The third-order valence-corrected chi connectivity index (χ3v) is 7.01. The predicted octanol–water partition coefficient (Wildman–Crippen LogP) is 3.41. The number of aryl methyl sites for hydroxylation is 1. The monoisotopic (exact) mass is 436 g/mol. The quantitative estimate of drug-likeness (QED) is 0.696. The summed E-state index contributed by atoms with van der Waals surface area (Å²) in [7, 11) is 1.90. The molecule has 0 bridgehead atoms. The molecule has 3 heterocycles. The van der Waals surface area contributed by atoms with Crippen molar-refractivity contribution in [3.05, 3.63) is 63.8 Å². The van der Waals surface area contributed by atoms with Crippen molar-refractivity contribution in [1.29, 1.82) is 0 Å². The number of aromatic nitrogens is 2. The molecular weight excluding hydrogens is 400 g/mol. The van der Waals surface area contributed by atoms with Gasteiger partial charge in [-0.15, -0.1) is 0 Å². The lowest BCUT2D eigenvalue weighted by atomic mass is 9.94. The Labute approximate surface area is 191 Å². The van der Waals surface area contributed by atoms with Crippen molar-refractivity contribution in [2.45, 2.75) is 63.8 Å². The van der Waals surface area contributed by atoms with Crippen molar-refractivity contribution in [2.24, 2.45) is 0 Å². The fourth-order valence-corrected chi connectivity index (χ4v) is 5.09. The van der Waals surface area contributed by atoms with E-state index in [1.807, 2.05) is 34.7 Å². The molecule has 2 aliphatic heterocycles. The van der Waals surface area contributed by atoms with Gasteiger partial charge in [0.15, 0.2) is 0 Å². The van der Waals surface area contributed by atoms with Gasteiger partial charge < -0.3 is 4.90 Å². The lowest BCUT2D eigenvalue weighted by Crippen LogP contribution is -2.43. The number of hydrogen-bond donors (Lipinski definition) is 0. The molecule has 2 atom stereocenters. The maximum atomic E-state index is 12.9. The van der Waals surface area contributed by atoms with E-state index >= 15 is 0 Å². The largest absolute Gasteiger partial charge is 0.344 e. The molecular formula is C26H36N4O2. The van der Waals surface area contributed by atoms with Crippen LogP contribution in [0, 0.1) is 0 Å². The second-order valence-electron chi connectivity index (χ2n) is 9.56. The molecule has 0 radical (unpaired) electrons. The molecule has 4 rings (SSSR count). The number of amides is 1. The van der Waals surface area contributed by atoms with E-state index in [2.05, 4.69) is 24.0 Å². The van der Waals surface area contributed by atoms with E-state index in [1.54, 1.807) is 6.07 Å². The van der Waals surface area contributed by atoms with Crippen molar-refractivity contribution >= 4 is 5.91 Å². The van der Waals surface area contributed by atoms with Crippen molar-refractivity contribution in [1.82, 2.24) is 19.4 Å². The molecule has 0 spiro atoms. The lowest BCUT2D eigenvalue weighted by Gasteiger charge is -2.33. The molecule has 1 fully saturated rings. The second kappa shape index (κ2) is 10.4. The normalized spacial score (nSPS) is 20.2. The number of rotatable bonds is 6. The van der Waals surface area contributed by atoms with Gasteiger partial charge in [0.25, 0.3) is 5.56 Å². The van der Waals surface area contributed by atoms with Crippen LogP contribution in [0.4, 0.5) is 0 Å². The minimum absolute atomic E-state index is 0.0923. The molecule has 32 heavy (non-hydrogen) atoms. The third-order valence-electron chi connectivity index (χ3n) is 7.01. The highest BCUT2D eigenvalue weighted by atomic mass is 16.2. The van der Waals surface area contributed by atoms with E-state index in [0.717, 1.165) is 69.7 Å². The molecule has 1 saturated heterocycles. The molecule has 2 aliphatic rings. The topological polar surface area (TPSA) is 58.4 Å². The zero-order chi connectivity index (χ0) is 22.5. The van der Waals surface area contributed by atoms with Crippen LogP contribution in [0.3, 0.4) is 0 Å². The Morgan fingerprint density at radius 1 is 1.16 bits per heavy atom. The van der Waals surface area contributed by atoms with E-state index in [9.17, 15) is 9.59 Å². The number of likely N-dealkylation sites (tertiary alicyclic amines) is 1. The molecule has 6 heteroatoms. The number of piperidine rings is 1. The molecule has 0 saturated carbocycles. The highest BCUT2D eigenvalue weighted by molar-refractivity contribution is 5.78. The van der Waals surface area contributed by atoms with Crippen molar-refractivity contribution in [3.63, 3.8) is 0 Å². The maximum absolute atomic E-state index is 12.9.